The maximum Gasteiger partial charge on any atom is 0.230 e. The lowest BCUT2D eigenvalue weighted by Gasteiger charge is -2.11. The van der Waals surface area contributed by atoms with Gasteiger partial charge in [0.1, 0.15) is 11.6 Å². The molecule has 7 heteroatoms. The van der Waals surface area contributed by atoms with Gasteiger partial charge in [-0.1, -0.05) is 42.1 Å². The highest BCUT2D eigenvalue weighted by Crippen LogP contribution is 2.23. The van der Waals surface area contributed by atoms with E-state index >= 15 is 0 Å². The van der Waals surface area contributed by atoms with Crippen molar-refractivity contribution in [2.45, 2.75) is 25.5 Å². The van der Waals surface area contributed by atoms with Crippen LogP contribution in [0.3, 0.4) is 0 Å². The van der Waals surface area contributed by atoms with Gasteiger partial charge in [0.25, 0.3) is 0 Å². The summed E-state index contributed by atoms with van der Waals surface area (Å²) >= 11 is 1.38. The molecule has 0 saturated heterocycles. The molecule has 0 atom stereocenters. The zero-order valence-corrected chi connectivity index (χ0v) is 16.4. The molecule has 6 nitrogen and oxygen atoms in total. The van der Waals surface area contributed by atoms with E-state index in [9.17, 15) is 4.79 Å². The number of rotatable bonds is 7. The monoisotopic (exact) mass is 382 g/mol. The molecule has 0 bridgehead atoms. The lowest BCUT2D eigenvalue weighted by atomic mass is 10.2. The molecular formula is C20H22N4O2S. The second kappa shape index (κ2) is 8.73. The van der Waals surface area contributed by atoms with Crippen LogP contribution < -0.4 is 10.1 Å². The molecule has 140 valence electrons. The predicted octanol–water partition coefficient (Wildman–Crippen LogP) is 3.30. The zero-order valence-electron chi connectivity index (χ0n) is 15.6. The van der Waals surface area contributed by atoms with Crippen LogP contribution in [0, 0.1) is 13.8 Å². The van der Waals surface area contributed by atoms with Crippen molar-refractivity contribution in [3.8, 4) is 11.4 Å². The number of carbonyl (C=O) groups is 1. The summed E-state index contributed by atoms with van der Waals surface area (Å²) in [5.41, 5.74) is 3.18. The van der Waals surface area contributed by atoms with Gasteiger partial charge in [-0.05, 0) is 43.2 Å². The van der Waals surface area contributed by atoms with Crippen LogP contribution in [0.15, 0.2) is 53.7 Å². The van der Waals surface area contributed by atoms with E-state index < -0.39 is 0 Å². The van der Waals surface area contributed by atoms with Crippen molar-refractivity contribution in [1.82, 2.24) is 20.1 Å². The molecule has 2 aromatic carbocycles. The quantitative estimate of drug-likeness (QED) is 0.635. The van der Waals surface area contributed by atoms with E-state index in [0.717, 1.165) is 28.4 Å². The van der Waals surface area contributed by atoms with Crippen molar-refractivity contribution < 1.29 is 9.53 Å². The number of methoxy groups -OCH3 is 1. The Morgan fingerprint density at radius 3 is 2.56 bits per heavy atom. The minimum atomic E-state index is -0.0483. The van der Waals surface area contributed by atoms with Crippen LogP contribution in [0.2, 0.25) is 0 Å². The van der Waals surface area contributed by atoms with Gasteiger partial charge in [-0.3, -0.25) is 9.36 Å². The Morgan fingerprint density at radius 1 is 1.11 bits per heavy atom. The van der Waals surface area contributed by atoms with Crippen LogP contribution in [-0.2, 0) is 11.3 Å². The summed E-state index contributed by atoms with van der Waals surface area (Å²) < 4.78 is 7.12. The number of para-hydroxylation sites is 1. The number of hydrogen-bond acceptors (Lipinski definition) is 5. The third-order valence-electron chi connectivity index (χ3n) is 4.13. The minimum Gasteiger partial charge on any atom is -0.497 e. The minimum absolute atomic E-state index is 0.0483. The number of thioether (sulfide) groups is 1. The summed E-state index contributed by atoms with van der Waals surface area (Å²) in [4.78, 5) is 12.2. The predicted molar refractivity (Wildman–Crippen MR) is 106 cm³/mol. The third kappa shape index (κ3) is 4.68. The Bertz CT molecular complexity index is 922. The van der Waals surface area contributed by atoms with E-state index in [-0.39, 0.29) is 11.7 Å². The van der Waals surface area contributed by atoms with Crippen LogP contribution in [0.25, 0.3) is 5.69 Å². The first kappa shape index (κ1) is 19.0. The van der Waals surface area contributed by atoms with Crippen molar-refractivity contribution in [1.29, 1.82) is 0 Å². The second-order valence-corrected chi connectivity index (χ2v) is 7.01. The molecule has 0 fully saturated rings. The number of aryl methyl sites for hydroxylation is 2. The molecule has 0 aliphatic heterocycles. The zero-order chi connectivity index (χ0) is 19.2. The average molecular weight is 382 g/mol. The van der Waals surface area contributed by atoms with Crippen LogP contribution in [0.1, 0.15) is 17.0 Å². The number of nitrogens with zero attached hydrogens (tertiary/aromatic N) is 3. The molecule has 1 aromatic heterocycles. The van der Waals surface area contributed by atoms with Crippen molar-refractivity contribution in [2.24, 2.45) is 0 Å². The highest BCUT2D eigenvalue weighted by Gasteiger charge is 2.14. The smallest absolute Gasteiger partial charge is 0.230 e. The largest absolute Gasteiger partial charge is 0.497 e. The molecule has 0 aliphatic rings. The molecule has 3 aromatic rings. The molecule has 1 N–H and O–H groups in total. The normalized spacial score (nSPS) is 10.6. The first-order valence-corrected chi connectivity index (χ1v) is 9.57. The lowest BCUT2D eigenvalue weighted by molar-refractivity contribution is -0.118. The number of ether oxygens (including phenoxy) is 1. The fourth-order valence-electron chi connectivity index (χ4n) is 2.65. The van der Waals surface area contributed by atoms with E-state index in [1.165, 1.54) is 11.8 Å². The van der Waals surface area contributed by atoms with Gasteiger partial charge in [0.15, 0.2) is 5.16 Å². The topological polar surface area (TPSA) is 69.0 Å². The van der Waals surface area contributed by atoms with Crippen LogP contribution in [0.5, 0.6) is 5.75 Å². The van der Waals surface area contributed by atoms with Gasteiger partial charge in [0.05, 0.1) is 18.6 Å². The number of amides is 1. The molecular weight excluding hydrogens is 360 g/mol. The number of benzene rings is 2. The molecule has 0 spiro atoms. The molecule has 27 heavy (non-hydrogen) atoms. The van der Waals surface area contributed by atoms with Crippen molar-refractivity contribution in [2.75, 3.05) is 12.9 Å². The lowest BCUT2D eigenvalue weighted by Crippen LogP contribution is -2.24. The van der Waals surface area contributed by atoms with Crippen molar-refractivity contribution >= 4 is 17.7 Å². The summed E-state index contributed by atoms with van der Waals surface area (Å²) in [6, 6.07) is 15.7. The van der Waals surface area contributed by atoms with Gasteiger partial charge in [-0.2, -0.15) is 0 Å². The van der Waals surface area contributed by atoms with Gasteiger partial charge in [0, 0.05) is 6.54 Å². The van der Waals surface area contributed by atoms with E-state index in [2.05, 4.69) is 15.5 Å². The molecule has 0 unspecified atom stereocenters. The maximum atomic E-state index is 12.2. The van der Waals surface area contributed by atoms with Crippen LogP contribution in [-0.4, -0.2) is 33.5 Å². The SMILES string of the molecule is COc1ccc(CNC(=O)CSc2nnc(C)n2-c2ccccc2C)cc1. The van der Waals surface area contributed by atoms with Gasteiger partial charge in [-0.25, -0.2) is 0 Å². The van der Waals surface area contributed by atoms with E-state index in [4.69, 9.17) is 4.74 Å². The summed E-state index contributed by atoms with van der Waals surface area (Å²) in [6.45, 7) is 4.44. The number of nitrogens with one attached hydrogen (secondary N) is 1. The van der Waals surface area contributed by atoms with Crippen molar-refractivity contribution in [3.63, 3.8) is 0 Å². The highest BCUT2D eigenvalue weighted by molar-refractivity contribution is 7.99. The van der Waals surface area contributed by atoms with Gasteiger partial charge >= 0.3 is 0 Å². The number of aromatic nitrogens is 3. The van der Waals surface area contributed by atoms with Gasteiger partial charge < -0.3 is 10.1 Å². The Balaban J connectivity index is 1.60. The molecule has 1 amide bonds. The number of hydrogen-bond donors (Lipinski definition) is 1. The highest BCUT2D eigenvalue weighted by atomic mass is 32.2. The fourth-order valence-corrected chi connectivity index (χ4v) is 3.47. The second-order valence-electron chi connectivity index (χ2n) is 6.07. The molecule has 0 aliphatic carbocycles. The van der Waals surface area contributed by atoms with Gasteiger partial charge in [0.2, 0.25) is 5.91 Å². The summed E-state index contributed by atoms with van der Waals surface area (Å²) in [5, 5.41) is 12.0. The first-order valence-electron chi connectivity index (χ1n) is 8.59. The van der Waals surface area contributed by atoms with Crippen LogP contribution in [0.4, 0.5) is 0 Å². The van der Waals surface area contributed by atoms with Crippen LogP contribution >= 0.6 is 11.8 Å². The average Bonchev–Trinajstić information content (AvgIpc) is 3.06. The molecule has 3 rings (SSSR count). The number of carbonyl (C=O) groups excluding carboxylic acids is 1. The van der Waals surface area contributed by atoms with Gasteiger partial charge in [-0.15, -0.1) is 10.2 Å². The third-order valence-corrected chi connectivity index (χ3v) is 5.06. The Kier molecular flexibility index (Phi) is 6.13. The van der Waals surface area contributed by atoms with E-state index in [1.807, 2.05) is 66.9 Å². The first-order chi connectivity index (χ1) is 13.1. The molecule has 0 radical (unpaired) electrons. The fraction of sp³-hybridized carbons (Fsp3) is 0.250. The standard InChI is InChI=1S/C20H22N4O2S/c1-14-6-4-5-7-18(14)24-15(2)22-23-20(24)27-13-19(25)21-12-16-8-10-17(26-3)11-9-16/h4-11H,12-13H2,1-3H3,(H,21,25). The van der Waals surface area contributed by atoms with Crippen molar-refractivity contribution in [3.05, 3.63) is 65.5 Å². The Labute approximate surface area is 163 Å². The van der Waals surface area contributed by atoms with E-state index in [0.29, 0.717) is 11.7 Å². The Hall–Kier alpha value is -2.80. The summed E-state index contributed by atoms with van der Waals surface area (Å²) in [7, 11) is 1.63. The summed E-state index contributed by atoms with van der Waals surface area (Å²) in [6.07, 6.45) is 0. The summed E-state index contributed by atoms with van der Waals surface area (Å²) in [5.74, 6) is 1.82. The Morgan fingerprint density at radius 2 is 1.85 bits per heavy atom. The van der Waals surface area contributed by atoms with E-state index in [1.54, 1.807) is 7.11 Å². The maximum absolute atomic E-state index is 12.2. The molecule has 0 saturated carbocycles. The molecule has 1 heterocycles.